The highest BCUT2D eigenvalue weighted by atomic mass is 16.5. The molecule has 3 heteroatoms. The van der Waals surface area contributed by atoms with E-state index in [1.807, 2.05) is 6.07 Å². The topological polar surface area (TPSA) is 38.5 Å². The Hall–Kier alpha value is -1.22. The third-order valence-corrected chi connectivity index (χ3v) is 3.91. The Bertz CT molecular complexity index is 403. The van der Waals surface area contributed by atoms with Crippen LogP contribution in [-0.4, -0.2) is 25.7 Å². The van der Waals surface area contributed by atoms with Crippen molar-refractivity contribution in [2.24, 2.45) is 5.73 Å². The number of nitrogens with zero attached hydrogens (tertiary/aromatic N) is 1. The van der Waals surface area contributed by atoms with Crippen LogP contribution in [-0.2, 0) is 6.42 Å². The van der Waals surface area contributed by atoms with Crippen molar-refractivity contribution in [3.05, 3.63) is 23.8 Å². The van der Waals surface area contributed by atoms with Crippen LogP contribution < -0.4 is 15.4 Å². The fraction of sp³-hybridized carbons (Fsp3) is 0.538. The molecule has 2 aliphatic rings. The van der Waals surface area contributed by atoms with E-state index in [1.54, 1.807) is 7.11 Å². The molecule has 2 atom stereocenters. The van der Waals surface area contributed by atoms with Crippen molar-refractivity contribution in [3.63, 3.8) is 0 Å². The van der Waals surface area contributed by atoms with Crippen LogP contribution in [0, 0.1) is 0 Å². The van der Waals surface area contributed by atoms with Crippen LogP contribution in [0.25, 0.3) is 0 Å². The molecule has 0 aliphatic carbocycles. The number of benzene rings is 1. The minimum atomic E-state index is 0.502. The summed E-state index contributed by atoms with van der Waals surface area (Å²) < 4.78 is 5.48. The number of rotatable bonds is 2. The van der Waals surface area contributed by atoms with Crippen LogP contribution in [0.2, 0.25) is 0 Å². The van der Waals surface area contributed by atoms with Gasteiger partial charge in [-0.3, -0.25) is 0 Å². The zero-order chi connectivity index (χ0) is 11.1. The van der Waals surface area contributed by atoms with Crippen molar-refractivity contribution in [1.82, 2.24) is 0 Å². The van der Waals surface area contributed by atoms with E-state index in [2.05, 4.69) is 17.0 Å². The molecule has 2 N–H and O–H groups in total. The third kappa shape index (κ3) is 1.24. The Kier molecular flexibility index (Phi) is 2.28. The quantitative estimate of drug-likeness (QED) is 0.818. The predicted octanol–water partition coefficient (Wildman–Crippen LogP) is 1.55. The molecule has 0 saturated carbocycles. The standard InChI is InChI=1S/C13H18N2O/c1-16-12-4-2-3-9-7-10-5-6-11(8-14)15(10)13(9)12/h2-4,10-11H,5-8,14H2,1H3. The van der Waals surface area contributed by atoms with Gasteiger partial charge in [0.25, 0.3) is 0 Å². The van der Waals surface area contributed by atoms with Crippen LogP contribution in [0.4, 0.5) is 5.69 Å². The van der Waals surface area contributed by atoms with Gasteiger partial charge in [0.05, 0.1) is 12.8 Å². The molecule has 3 rings (SSSR count). The number of para-hydroxylation sites is 1. The monoisotopic (exact) mass is 218 g/mol. The zero-order valence-corrected chi connectivity index (χ0v) is 9.65. The van der Waals surface area contributed by atoms with Gasteiger partial charge in [-0.2, -0.15) is 0 Å². The average Bonchev–Trinajstić information content (AvgIpc) is 2.86. The van der Waals surface area contributed by atoms with Crippen molar-refractivity contribution in [2.75, 3.05) is 18.6 Å². The summed E-state index contributed by atoms with van der Waals surface area (Å²) in [6.45, 7) is 0.744. The van der Waals surface area contributed by atoms with Gasteiger partial charge in [-0.1, -0.05) is 12.1 Å². The van der Waals surface area contributed by atoms with Crippen LogP contribution >= 0.6 is 0 Å². The fourth-order valence-electron chi connectivity index (χ4n) is 3.20. The van der Waals surface area contributed by atoms with E-state index in [1.165, 1.54) is 24.1 Å². The molecule has 0 bridgehead atoms. The predicted molar refractivity (Wildman–Crippen MR) is 65.0 cm³/mol. The molecule has 0 spiro atoms. The van der Waals surface area contributed by atoms with Crippen LogP contribution in [0.15, 0.2) is 18.2 Å². The molecular formula is C13H18N2O. The van der Waals surface area contributed by atoms with Gasteiger partial charge in [-0.25, -0.2) is 0 Å². The summed E-state index contributed by atoms with van der Waals surface area (Å²) in [5.41, 5.74) is 8.57. The van der Waals surface area contributed by atoms with Crippen molar-refractivity contribution in [3.8, 4) is 5.75 Å². The summed E-state index contributed by atoms with van der Waals surface area (Å²) in [6, 6.07) is 7.50. The summed E-state index contributed by atoms with van der Waals surface area (Å²) in [4.78, 5) is 2.49. The first-order valence-corrected chi connectivity index (χ1v) is 5.99. The van der Waals surface area contributed by atoms with Crippen molar-refractivity contribution >= 4 is 5.69 Å². The lowest BCUT2D eigenvalue weighted by molar-refractivity contribution is 0.414. The van der Waals surface area contributed by atoms with Gasteiger partial charge in [0.1, 0.15) is 5.75 Å². The van der Waals surface area contributed by atoms with Gasteiger partial charge < -0.3 is 15.4 Å². The summed E-state index contributed by atoms with van der Waals surface area (Å²) in [7, 11) is 1.75. The summed E-state index contributed by atoms with van der Waals surface area (Å²) in [5.74, 6) is 1.00. The second-order valence-electron chi connectivity index (χ2n) is 4.70. The van der Waals surface area contributed by atoms with Crippen LogP contribution in [0.5, 0.6) is 5.75 Å². The smallest absolute Gasteiger partial charge is 0.142 e. The summed E-state index contributed by atoms with van der Waals surface area (Å²) in [6.07, 6.45) is 3.64. The maximum atomic E-state index is 5.86. The highest BCUT2D eigenvalue weighted by Gasteiger charge is 2.40. The molecule has 1 fully saturated rings. The second-order valence-corrected chi connectivity index (χ2v) is 4.70. The van der Waals surface area contributed by atoms with E-state index in [0.29, 0.717) is 12.1 Å². The molecule has 86 valence electrons. The van der Waals surface area contributed by atoms with Crippen molar-refractivity contribution in [2.45, 2.75) is 31.3 Å². The van der Waals surface area contributed by atoms with E-state index in [0.717, 1.165) is 18.7 Å². The maximum Gasteiger partial charge on any atom is 0.142 e. The first kappa shape index (κ1) is 9.97. The van der Waals surface area contributed by atoms with Crippen LogP contribution in [0.1, 0.15) is 18.4 Å². The van der Waals surface area contributed by atoms with Gasteiger partial charge in [-0.05, 0) is 30.9 Å². The first-order chi connectivity index (χ1) is 7.85. The first-order valence-electron chi connectivity index (χ1n) is 5.99. The lowest BCUT2D eigenvalue weighted by Crippen LogP contribution is -2.38. The SMILES string of the molecule is COc1cccc2c1N1C(CN)CCC1C2. The number of anilines is 1. The van der Waals surface area contributed by atoms with E-state index in [-0.39, 0.29) is 0 Å². The number of hydrogen-bond donors (Lipinski definition) is 1. The molecule has 16 heavy (non-hydrogen) atoms. The largest absolute Gasteiger partial charge is 0.495 e. The average molecular weight is 218 g/mol. The third-order valence-electron chi connectivity index (χ3n) is 3.91. The Labute approximate surface area is 96.2 Å². The van der Waals surface area contributed by atoms with Gasteiger partial charge in [0.2, 0.25) is 0 Å². The number of ether oxygens (including phenoxy) is 1. The molecule has 0 amide bonds. The molecule has 1 aromatic carbocycles. The van der Waals surface area contributed by atoms with Gasteiger partial charge >= 0.3 is 0 Å². The minimum Gasteiger partial charge on any atom is -0.495 e. The summed E-state index contributed by atoms with van der Waals surface area (Å²) >= 11 is 0. The molecule has 1 aromatic rings. The number of nitrogens with two attached hydrogens (primary N) is 1. The minimum absolute atomic E-state index is 0.502. The van der Waals surface area contributed by atoms with E-state index < -0.39 is 0 Å². The molecule has 1 saturated heterocycles. The Balaban J connectivity index is 2.06. The van der Waals surface area contributed by atoms with Gasteiger partial charge in [-0.15, -0.1) is 0 Å². The molecule has 2 unspecified atom stereocenters. The maximum absolute atomic E-state index is 5.86. The lowest BCUT2D eigenvalue weighted by Gasteiger charge is -2.27. The number of methoxy groups -OCH3 is 1. The summed E-state index contributed by atoms with van der Waals surface area (Å²) in [5, 5.41) is 0. The van der Waals surface area contributed by atoms with Crippen molar-refractivity contribution in [1.29, 1.82) is 0 Å². The second kappa shape index (κ2) is 3.67. The Morgan fingerprint density at radius 3 is 3.06 bits per heavy atom. The van der Waals surface area contributed by atoms with Crippen LogP contribution in [0.3, 0.4) is 0 Å². The van der Waals surface area contributed by atoms with Gasteiger partial charge in [0.15, 0.2) is 0 Å². The van der Waals surface area contributed by atoms with E-state index >= 15 is 0 Å². The normalized spacial score (nSPS) is 26.8. The highest BCUT2D eigenvalue weighted by Crippen LogP contribution is 2.45. The lowest BCUT2D eigenvalue weighted by atomic mass is 10.1. The highest BCUT2D eigenvalue weighted by molar-refractivity contribution is 5.69. The number of fused-ring (bicyclic) bond motifs is 3. The zero-order valence-electron chi connectivity index (χ0n) is 9.65. The molecule has 2 heterocycles. The molecule has 0 radical (unpaired) electrons. The van der Waals surface area contributed by atoms with E-state index in [4.69, 9.17) is 10.5 Å². The molecule has 0 aromatic heterocycles. The number of hydrogen-bond acceptors (Lipinski definition) is 3. The Morgan fingerprint density at radius 1 is 1.44 bits per heavy atom. The van der Waals surface area contributed by atoms with E-state index in [9.17, 15) is 0 Å². The molecule has 3 nitrogen and oxygen atoms in total. The van der Waals surface area contributed by atoms with Crippen molar-refractivity contribution < 1.29 is 4.74 Å². The molecular weight excluding hydrogens is 200 g/mol. The molecule has 2 aliphatic heterocycles. The Morgan fingerprint density at radius 2 is 2.31 bits per heavy atom. The van der Waals surface area contributed by atoms with Gasteiger partial charge in [0, 0.05) is 18.6 Å². The fourth-order valence-corrected chi connectivity index (χ4v) is 3.20.